The molecule has 0 spiro atoms. The van der Waals surface area contributed by atoms with Crippen LogP contribution in [0.3, 0.4) is 0 Å². The molecule has 6 heteroatoms. The van der Waals surface area contributed by atoms with Crippen LogP contribution in [0.5, 0.6) is 0 Å². The molecule has 5 nitrogen and oxygen atoms in total. The summed E-state index contributed by atoms with van der Waals surface area (Å²) in [5.41, 5.74) is 8.14. The van der Waals surface area contributed by atoms with Crippen LogP contribution in [0.1, 0.15) is 10.5 Å². The molecule has 1 rings (SSSR count). The minimum atomic E-state index is -0.448. The third-order valence-corrected chi connectivity index (χ3v) is 1.27. The normalized spacial score (nSPS) is 8.40. The summed E-state index contributed by atoms with van der Waals surface area (Å²) in [6.45, 7) is 0. The average Bonchev–Trinajstić information content (AvgIpc) is 2.38. The maximum Gasteiger partial charge on any atom is 0.329 e. The number of Topliss-reactive ketones (excluding diaryl/α,β-unsaturated/α-hetero) is 1. The maximum atomic E-state index is 10.7. The second-order valence-corrected chi connectivity index (χ2v) is 1.96. The van der Waals surface area contributed by atoms with Crippen molar-refractivity contribution in [3.05, 3.63) is 17.4 Å². The second-order valence-electron chi connectivity index (χ2n) is 1.40. The second kappa shape index (κ2) is 2.95. The molecule has 1 heterocycles. The van der Waals surface area contributed by atoms with Gasteiger partial charge in [-0.15, -0.1) is 0 Å². The third-order valence-electron chi connectivity index (χ3n) is 0.789. The standard InChI is InChI=1S/C4H2N4OS/c5-6-2-4(9)3-1-7-10-8-3/h1-2H. The van der Waals surface area contributed by atoms with Gasteiger partial charge in [-0.2, -0.15) is 13.5 Å². The first-order chi connectivity index (χ1) is 4.84. The summed E-state index contributed by atoms with van der Waals surface area (Å²) in [5.74, 6) is -0.448. The van der Waals surface area contributed by atoms with Crippen molar-refractivity contribution in [2.24, 2.45) is 0 Å². The molecule has 0 saturated heterocycles. The highest BCUT2D eigenvalue weighted by molar-refractivity contribution is 6.99. The molecular weight excluding hydrogens is 152 g/mol. The van der Waals surface area contributed by atoms with Gasteiger partial charge in [-0.05, 0) is 0 Å². The number of ketones is 1. The molecule has 1 aromatic rings. The number of carbonyl (C=O) groups is 1. The number of hydrogen-bond donors (Lipinski definition) is 0. The summed E-state index contributed by atoms with van der Waals surface area (Å²) in [5, 5.41) is 0. The molecule has 0 aliphatic rings. The van der Waals surface area contributed by atoms with E-state index in [-0.39, 0.29) is 5.69 Å². The van der Waals surface area contributed by atoms with E-state index in [4.69, 9.17) is 5.53 Å². The Labute approximate surface area is 60.3 Å². The van der Waals surface area contributed by atoms with Crippen LogP contribution in [0.4, 0.5) is 0 Å². The monoisotopic (exact) mass is 154 g/mol. The molecule has 1 aromatic heterocycles. The fourth-order valence-electron chi connectivity index (χ4n) is 0.392. The fourth-order valence-corrected chi connectivity index (χ4v) is 0.811. The summed E-state index contributed by atoms with van der Waals surface area (Å²) >= 11 is 0.930. The highest BCUT2D eigenvalue weighted by Gasteiger charge is 2.08. The van der Waals surface area contributed by atoms with Crippen molar-refractivity contribution < 1.29 is 9.58 Å². The van der Waals surface area contributed by atoms with Crippen LogP contribution in [-0.2, 0) is 0 Å². The highest BCUT2D eigenvalue weighted by atomic mass is 32.1. The Morgan fingerprint density at radius 2 is 2.70 bits per heavy atom. The van der Waals surface area contributed by atoms with Gasteiger partial charge in [0.25, 0.3) is 5.78 Å². The van der Waals surface area contributed by atoms with Crippen molar-refractivity contribution in [3.8, 4) is 0 Å². The first kappa shape index (κ1) is 6.73. The number of aromatic nitrogens is 2. The maximum absolute atomic E-state index is 10.7. The molecule has 0 bridgehead atoms. The van der Waals surface area contributed by atoms with Crippen molar-refractivity contribution >= 4 is 23.7 Å². The van der Waals surface area contributed by atoms with E-state index in [0.717, 1.165) is 17.9 Å². The molecule has 0 aliphatic heterocycles. The summed E-state index contributed by atoms with van der Waals surface area (Å²) in [6.07, 6.45) is 2.09. The zero-order valence-corrected chi connectivity index (χ0v) is 5.58. The molecule has 0 atom stereocenters. The van der Waals surface area contributed by atoms with E-state index in [1.54, 1.807) is 0 Å². The molecule has 10 heavy (non-hydrogen) atoms. The lowest BCUT2D eigenvalue weighted by molar-refractivity contribution is 0.00231. The van der Waals surface area contributed by atoms with Gasteiger partial charge < -0.3 is 5.53 Å². The van der Waals surface area contributed by atoms with E-state index in [0.29, 0.717) is 0 Å². The summed E-state index contributed by atoms with van der Waals surface area (Å²) in [7, 11) is 0. The molecule has 50 valence electrons. The Bertz CT molecular complexity index is 273. The van der Waals surface area contributed by atoms with Crippen molar-refractivity contribution in [2.75, 3.05) is 0 Å². The number of nitrogens with zero attached hydrogens (tertiary/aromatic N) is 4. The molecule has 0 aromatic carbocycles. The third kappa shape index (κ3) is 1.31. The van der Waals surface area contributed by atoms with E-state index in [1.165, 1.54) is 6.20 Å². The Morgan fingerprint density at radius 3 is 3.20 bits per heavy atom. The van der Waals surface area contributed by atoms with Gasteiger partial charge in [0.1, 0.15) is 0 Å². The van der Waals surface area contributed by atoms with Crippen LogP contribution in [0.25, 0.3) is 5.53 Å². The molecule has 0 N–H and O–H groups in total. The van der Waals surface area contributed by atoms with Crippen LogP contribution in [-0.4, -0.2) is 25.5 Å². The fraction of sp³-hybridized carbons (Fsp3) is 0. The zero-order chi connectivity index (χ0) is 7.40. The van der Waals surface area contributed by atoms with Gasteiger partial charge in [0.2, 0.25) is 0 Å². The minimum Gasteiger partial charge on any atom is -0.361 e. The van der Waals surface area contributed by atoms with E-state index < -0.39 is 5.78 Å². The van der Waals surface area contributed by atoms with Crippen LogP contribution in [0.2, 0.25) is 0 Å². The van der Waals surface area contributed by atoms with E-state index in [9.17, 15) is 4.79 Å². The van der Waals surface area contributed by atoms with Gasteiger partial charge in [0.15, 0.2) is 5.69 Å². The molecule has 0 saturated carbocycles. The summed E-state index contributed by atoms with van der Waals surface area (Å²) in [4.78, 5) is 13.3. The predicted molar refractivity (Wildman–Crippen MR) is 33.9 cm³/mol. The lowest BCUT2D eigenvalue weighted by Gasteiger charge is -1.73. The molecule has 0 amide bonds. The van der Waals surface area contributed by atoms with Gasteiger partial charge in [-0.1, -0.05) is 0 Å². The first-order valence-corrected chi connectivity index (χ1v) is 3.07. The van der Waals surface area contributed by atoms with Crippen molar-refractivity contribution in [3.63, 3.8) is 0 Å². The van der Waals surface area contributed by atoms with Crippen molar-refractivity contribution in [1.29, 1.82) is 0 Å². The summed E-state index contributed by atoms with van der Waals surface area (Å²) < 4.78 is 7.21. The minimum absolute atomic E-state index is 0.197. The van der Waals surface area contributed by atoms with Crippen LogP contribution >= 0.6 is 11.7 Å². The Kier molecular flexibility index (Phi) is 1.99. The molecule has 0 fully saturated rings. The largest absolute Gasteiger partial charge is 0.361 e. The SMILES string of the molecule is [N-]=[N+]=CC(=O)c1cnsn1. The highest BCUT2D eigenvalue weighted by Crippen LogP contribution is 1.93. The zero-order valence-electron chi connectivity index (χ0n) is 4.76. The molecule has 0 unspecified atom stereocenters. The Hall–Kier alpha value is -1.39. The van der Waals surface area contributed by atoms with Gasteiger partial charge in [0.05, 0.1) is 17.9 Å². The topological polar surface area (TPSA) is 79.3 Å². The lowest BCUT2D eigenvalue weighted by Crippen LogP contribution is -2.00. The quantitative estimate of drug-likeness (QED) is 0.260. The van der Waals surface area contributed by atoms with Crippen LogP contribution in [0.15, 0.2) is 6.20 Å². The Balaban J connectivity index is 2.87. The van der Waals surface area contributed by atoms with Crippen molar-refractivity contribution in [1.82, 2.24) is 8.75 Å². The Morgan fingerprint density at radius 1 is 1.90 bits per heavy atom. The van der Waals surface area contributed by atoms with E-state index >= 15 is 0 Å². The smallest absolute Gasteiger partial charge is 0.329 e. The summed E-state index contributed by atoms with van der Waals surface area (Å²) in [6, 6.07) is 0. The molecule has 0 aliphatic carbocycles. The van der Waals surface area contributed by atoms with Crippen molar-refractivity contribution in [2.45, 2.75) is 0 Å². The average molecular weight is 154 g/mol. The number of rotatable bonds is 2. The van der Waals surface area contributed by atoms with Gasteiger partial charge in [-0.25, -0.2) is 0 Å². The van der Waals surface area contributed by atoms with E-state index in [1.807, 2.05) is 0 Å². The van der Waals surface area contributed by atoms with Gasteiger partial charge >= 0.3 is 6.21 Å². The number of carbonyl (C=O) groups excluding carboxylic acids is 1. The van der Waals surface area contributed by atoms with E-state index in [2.05, 4.69) is 13.5 Å². The lowest BCUT2D eigenvalue weighted by atomic mass is 10.3. The van der Waals surface area contributed by atoms with Crippen LogP contribution in [0, 0.1) is 0 Å². The molecule has 0 radical (unpaired) electrons. The first-order valence-electron chi connectivity index (χ1n) is 2.34. The molecular formula is C4H2N4OS. The van der Waals surface area contributed by atoms with Gasteiger partial charge in [-0.3, -0.25) is 4.79 Å². The number of hydrogen-bond acceptors (Lipinski definition) is 4. The van der Waals surface area contributed by atoms with Gasteiger partial charge in [0, 0.05) is 0 Å². The van der Waals surface area contributed by atoms with Crippen LogP contribution < -0.4 is 0 Å². The predicted octanol–water partition coefficient (Wildman–Crippen LogP) is 0.0214.